The minimum atomic E-state index is -0.394. The number of hydrogen-bond donors (Lipinski definition) is 1. The van der Waals surface area contributed by atoms with Gasteiger partial charge in [0, 0.05) is 18.0 Å². The maximum atomic E-state index is 13.3. The highest BCUT2D eigenvalue weighted by atomic mass is 32.1. The highest BCUT2D eigenvalue weighted by Crippen LogP contribution is 2.34. The van der Waals surface area contributed by atoms with Crippen LogP contribution in [0, 0.1) is 5.82 Å². The smallest absolute Gasteiger partial charge is 0.277 e. The molecule has 3 rings (SSSR count). The zero-order chi connectivity index (χ0) is 15.0. The molecule has 21 heavy (non-hydrogen) atoms. The Labute approximate surface area is 125 Å². The van der Waals surface area contributed by atoms with Crippen molar-refractivity contribution in [2.75, 3.05) is 11.4 Å². The number of benzene rings is 1. The lowest BCUT2D eigenvalue weighted by Crippen LogP contribution is -2.42. The molecule has 5 nitrogen and oxygen atoms in total. The summed E-state index contributed by atoms with van der Waals surface area (Å²) in [4.78, 5) is 18.4. The molecule has 2 heterocycles. The van der Waals surface area contributed by atoms with Gasteiger partial charge in [-0.05, 0) is 19.1 Å². The van der Waals surface area contributed by atoms with Crippen LogP contribution < -0.4 is 15.4 Å². The lowest BCUT2D eigenvalue weighted by molar-refractivity contribution is 0.0956. The van der Waals surface area contributed by atoms with Gasteiger partial charge in [0.1, 0.15) is 28.4 Å². The van der Waals surface area contributed by atoms with Crippen LogP contribution in [0.4, 0.5) is 10.1 Å². The van der Waals surface area contributed by atoms with E-state index in [2.05, 4.69) is 4.98 Å². The van der Waals surface area contributed by atoms with Gasteiger partial charge in [0.15, 0.2) is 0 Å². The zero-order valence-electron chi connectivity index (χ0n) is 11.4. The van der Waals surface area contributed by atoms with Gasteiger partial charge < -0.3 is 10.5 Å². The molecule has 1 atom stereocenters. The van der Waals surface area contributed by atoms with Crippen LogP contribution in [0.25, 0.3) is 0 Å². The van der Waals surface area contributed by atoms with Crippen molar-refractivity contribution in [3.05, 3.63) is 40.1 Å². The van der Waals surface area contributed by atoms with E-state index in [0.29, 0.717) is 35.2 Å². The van der Waals surface area contributed by atoms with Gasteiger partial charge in [-0.2, -0.15) is 0 Å². The third kappa shape index (κ3) is 2.62. The molecule has 0 radical (unpaired) electrons. The number of anilines is 1. The number of carbonyl (C=O) groups excluding carboxylic acids is 1. The molecule has 2 N–H and O–H groups in total. The van der Waals surface area contributed by atoms with E-state index >= 15 is 0 Å². The van der Waals surface area contributed by atoms with Crippen LogP contribution in [0.1, 0.15) is 22.4 Å². The Bertz CT molecular complexity index is 689. The van der Waals surface area contributed by atoms with Crippen molar-refractivity contribution in [1.82, 2.24) is 4.98 Å². The van der Waals surface area contributed by atoms with E-state index in [9.17, 15) is 9.18 Å². The number of fused-ring (bicyclic) bond motifs is 1. The summed E-state index contributed by atoms with van der Waals surface area (Å²) in [5.74, 6) is -0.250. The zero-order valence-corrected chi connectivity index (χ0v) is 12.2. The van der Waals surface area contributed by atoms with Crippen molar-refractivity contribution in [2.45, 2.75) is 19.6 Å². The van der Waals surface area contributed by atoms with Crippen molar-refractivity contribution in [3.8, 4) is 5.75 Å². The largest absolute Gasteiger partial charge is 0.487 e. The average Bonchev–Trinajstić information content (AvgIpc) is 2.94. The predicted molar refractivity (Wildman–Crippen MR) is 78.2 cm³/mol. The molecular formula is C14H14FN3O2S. The number of carbonyl (C=O) groups is 1. The number of rotatable bonds is 2. The lowest BCUT2D eigenvalue weighted by Gasteiger charge is -2.33. The Hall–Kier alpha value is -1.99. The maximum Gasteiger partial charge on any atom is 0.277 e. The molecule has 1 unspecified atom stereocenters. The van der Waals surface area contributed by atoms with Crippen molar-refractivity contribution in [1.29, 1.82) is 0 Å². The second-order valence-electron chi connectivity index (χ2n) is 4.79. The quantitative estimate of drug-likeness (QED) is 0.923. The molecule has 0 bridgehead atoms. The first-order chi connectivity index (χ1) is 10.1. The fraction of sp³-hybridized carbons (Fsp3) is 0.286. The lowest BCUT2D eigenvalue weighted by atomic mass is 10.2. The van der Waals surface area contributed by atoms with Gasteiger partial charge in [0.2, 0.25) is 0 Å². The van der Waals surface area contributed by atoms with Gasteiger partial charge in [0.25, 0.3) is 5.91 Å². The Morgan fingerprint density at radius 2 is 2.43 bits per heavy atom. The van der Waals surface area contributed by atoms with Crippen LogP contribution >= 0.6 is 11.3 Å². The van der Waals surface area contributed by atoms with Crippen LogP contribution in [0.2, 0.25) is 0 Å². The Kier molecular flexibility index (Phi) is 3.60. The molecular weight excluding hydrogens is 293 g/mol. The summed E-state index contributed by atoms with van der Waals surface area (Å²) in [5, 5.41) is 2.40. The summed E-state index contributed by atoms with van der Waals surface area (Å²) in [6, 6.07) is 4.15. The van der Waals surface area contributed by atoms with Crippen LogP contribution in [0.3, 0.4) is 0 Å². The fourth-order valence-electron chi connectivity index (χ4n) is 2.25. The number of nitrogens with zero attached hydrogens (tertiary/aromatic N) is 2. The molecule has 1 amide bonds. The molecule has 1 aliphatic rings. The second-order valence-corrected chi connectivity index (χ2v) is 5.73. The van der Waals surface area contributed by atoms with E-state index in [0.717, 1.165) is 0 Å². The van der Waals surface area contributed by atoms with E-state index in [1.807, 2.05) is 6.92 Å². The van der Waals surface area contributed by atoms with Gasteiger partial charge in [0.05, 0.1) is 12.2 Å². The van der Waals surface area contributed by atoms with Crippen LogP contribution in [-0.4, -0.2) is 23.5 Å². The summed E-state index contributed by atoms with van der Waals surface area (Å²) in [6.07, 6.45) is -0.212. The second kappa shape index (κ2) is 5.42. The third-order valence-corrected chi connectivity index (χ3v) is 4.04. The van der Waals surface area contributed by atoms with Crippen molar-refractivity contribution >= 4 is 22.9 Å². The molecule has 0 aliphatic carbocycles. The Morgan fingerprint density at radius 1 is 1.62 bits per heavy atom. The van der Waals surface area contributed by atoms with Gasteiger partial charge in [-0.1, -0.05) is 0 Å². The number of amides is 1. The van der Waals surface area contributed by atoms with Crippen molar-refractivity contribution in [3.63, 3.8) is 0 Å². The van der Waals surface area contributed by atoms with Crippen molar-refractivity contribution < 1.29 is 13.9 Å². The number of thiazole rings is 1. The first-order valence-electron chi connectivity index (χ1n) is 6.51. The molecule has 1 aliphatic heterocycles. The summed E-state index contributed by atoms with van der Waals surface area (Å²) in [7, 11) is 0. The topological polar surface area (TPSA) is 68.5 Å². The van der Waals surface area contributed by atoms with E-state index in [-0.39, 0.29) is 12.0 Å². The summed E-state index contributed by atoms with van der Waals surface area (Å²) >= 11 is 1.35. The maximum absolute atomic E-state index is 13.3. The van der Waals surface area contributed by atoms with Gasteiger partial charge in [-0.25, -0.2) is 9.37 Å². The van der Waals surface area contributed by atoms with Gasteiger partial charge >= 0.3 is 0 Å². The minimum Gasteiger partial charge on any atom is -0.487 e. The minimum absolute atomic E-state index is 0.212. The molecule has 1 aromatic carbocycles. The Balaban J connectivity index is 1.97. The van der Waals surface area contributed by atoms with Gasteiger partial charge in [-0.15, -0.1) is 11.3 Å². The first kappa shape index (κ1) is 14.0. The molecule has 2 aromatic rings. The molecule has 0 saturated heterocycles. The number of nitrogens with two attached hydrogens (primary N) is 1. The average molecular weight is 307 g/mol. The monoisotopic (exact) mass is 307 g/mol. The molecule has 0 fully saturated rings. The van der Waals surface area contributed by atoms with E-state index in [1.54, 1.807) is 16.3 Å². The highest BCUT2D eigenvalue weighted by Gasteiger charge is 2.29. The van der Waals surface area contributed by atoms with E-state index < -0.39 is 5.82 Å². The van der Waals surface area contributed by atoms with E-state index in [1.165, 1.54) is 23.5 Å². The standard InChI is InChI=1S/C14H14FN3O2S/c1-8-6-18(11-3-2-9(15)4-12(11)20-8)14(19)10-7-21-13(5-16)17-10/h2-4,7-8H,5-6,16H2,1H3. The summed E-state index contributed by atoms with van der Waals surface area (Å²) < 4.78 is 18.9. The Morgan fingerprint density at radius 3 is 3.14 bits per heavy atom. The fourth-order valence-corrected chi connectivity index (χ4v) is 2.90. The molecule has 0 saturated carbocycles. The van der Waals surface area contributed by atoms with Crippen LogP contribution in [-0.2, 0) is 6.54 Å². The third-order valence-electron chi connectivity index (χ3n) is 3.17. The SMILES string of the molecule is CC1CN(C(=O)c2csc(CN)n2)c2ccc(F)cc2O1. The normalized spacial score (nSPS) is 17.3. The highest BCUT2D eigenvalue weighted by molar-refractivity contribution is 7.09. The van der Waals surface area contributed by atoms with Gasteiger partial charge in [-0.3, -0.25) is 9.69 Å². The number of hydrogen-bond acceptors (Lipinski definition) is 5. The van der Waals surface area contributed by atoms with Crippen LogP contribution in [0.5, 0.6) is 5.75 Å². The molecule has 110 valence electrons. The first-order valence-corrected chi connectivity index (χ1v) is 7.39. The predicted octanol–water partition coefficient (Wildman–Crippen LogP) is 2.17. The van der Waals surface area contributed by atoms with Crippen molar-refractivity contribution in [2.24, 2.45) is 5.73 Å². The molecule has 0 spiro atoms. The molecule has 1 aromatic heterocycles. The molecule has 7 heteroatoms. The number of ether oxygens (including phenoxy) is 1. The summed E-state index contributed by atoms with van der Waals surface area (Å²) in [5.41, 5.74) is 6.43. The summed E-state index contributed by atoms with van der Waals surface area (Å²) in [6.45, 7) is 2.53. The van der Waals surface area contributed by atoms with Crippen LogP contribution in [0.15, 0.2) is 23.6 Å². The number of halogens is 1. The van der Waals surface area contributed by atoms with E-state index in [4.69, 9.17) is 10.5 Å². The number of aromatic nitrogens is 1.